The average molecular weight is 488 g/mol. The van der Waals surface area contributed by atoms with Gasteiger partial charge in [0.2, 0.25) is 5.95 Å². The molecule has 3 aromatic heterocycles. The van der Waals surface area contributed by atoms with E-state index in [-0.39, 0.29) is 5.92 Å². The van der Waals surface area contributed by atoms with E-state index in [1.54, 1.807) is 0 Å². The SMILES string of the molecule is N#CC1=CCC(c2ccnc(-n3c4cccc5c6ccn(-c7ccccc7)c6c6cccc3c6c54)n2)C=C1. The molecule has 0 aliphatic heterocycles. The first kappa shape index (κ1) is 20.9. The maximum Gasteiger partial charge on any atom is 0.234 e. The fraction of sp³-hybridized carbons (Fsp3) is 0.0606. The van der Waals surface area contributed by atoms with Gasteiger partial charge in [-0.3, -0.25) is 4.57 Å². The summed E-state index contributed by atoms with van der Waals surface area (Å²) in [6.07, 6.45) is 10.7. The Balaban J connectivity index is 1.41. The summed E-state index contributed by atoms with van der Waals surface area (Å²) >= 11 is 0. The number of hydrogen-bond acceptors (Lipinski definition) is 3. The van der Waals surface area contributed by atoms with E-state index in [9.17, 15) is 5.26 Å². The minimum atomic E-state index is 0.124. The van der Waals surface area contributed by atoms with Crippen LogP contribution in [-0.2, 0) is 0 Å². The minimum Gasteiger partial charge on any atom is -0.316 e. The maximum atomic E-state index is 9.20. The number of allylic oxidation sites excluding steroid dienone is 4. The van der Waals surface area contributed by atoms with Gasteiger partial charge in [0.25, 0.3) is 0 Å². The van der Waals surface area contributed by atoms with Crippen molar-refractivity contribution < 1.29 is 0 Å². The molecule has 1 aliphatic carbocycles. The van der Waals surface area contributed by atoms with E-state index >= 15 is 0 Å². The van der Waals surface area contributed by atoms with Crippen molar-refractivity contribution in [3.8, 4) is 17.7 Å². The Bertz CT molecular complexity index is 2120. The van der Waals surface area contributed by atoms with Crippen LogP contribution in [0.4, 0.5) is 0 Å². The van der Waals surface area contributed by atoms with Crippen molar-refractivity contribution in [2.24, 2.45) is 0 Å². The number of benzene rings is 4. The predicted octanol–water partition coefficient (Wildman–Crippen LogP) is 7.60. The largest absolute Gasteiger partial charge is 0.316 e. The number of para-hydroxylation sites is 1. The zero-order chi connectivity index (χ0) is 25.2. The molecule has 0 spiro atoms. The van der Waals surface area contributed by atoms with Gasteiger partial charge in [0.05, 0.1) is 28.3 Å². The lowest BCUT2D eigenvalue weighted by Crippen LogP contribution is -2.07. The second-order valence-electron chi connectivity index (χ2n) is 9.77. The molecule has 4 aromatic carbocycles. The molecule has 5 nitrogen and oxygen atoms in total. The number of rotatable bonds is 3. The van der Waals surface area contributed by atoms with Gasteiger partial charge >= 0.3 is 0 Å². The molecule has 0 saturated heterocycles. The smallest absolute Gasteiger partial charge is 0.234 e. The summed E-state index contributed by atoms with van der Waals surface area (Å²) in [4.78, 5) is 9.80. The fourth-order valence-electron chi connectivity index (χ4n) is 6.07. The highest BCUT2D eigenvalue weighted by Crippen LogP contribution is 2.44. The molecule has 1 atom stereocenters. The van der Waals surface area contributed by atoms with Crippen LogP contribution in [0.5, 0.6) is 0 Å². The van der Waals surface area contributed by atoms with Crippen LogP contribution in [0.25, 0.3) is 55.1 Å². The maximum absolute atomic E-state index is 9.20. The lowest BCUT2D eigenvalue weighted by atomic mass is 9.94. The van der Waals surface area contributed by atoms with E-state index in [4.69, 9.17) is 9.97 Å². The topological polar surface area (TPSA) is 59.4 Å². The van der Waals surface area contributed by atoms with E-state index in [2.05, 4.69) is 100 Å². The summed E-state index contributed by atoms with van der Waals surface area (Å²) in [6.45, 7) is 0. The molecule has 1 unspecified atom stereocenters. The highest BCUT2D eigenvalue weighted by atomic mass is 15.2. The molecule has 0 N–H and O–H groups in total. The van der Waals surface area contributed by atoms with Crippen molar-refractivity contribution >= 4 is 43.5 Å². The highest BCUT2D eigenvalue weighted by molar-refractivity contribution is 6.34. The summed E-state index contributed by atoms with van der Waals surface area (Å²) < 4.78 is 4.49. The molecule has 38 heavy (non-hydrogen) atoms. The third-order valence-electron chi connectivity index (χ3n) is 7.76. The van der Waals surface area contributed by atoms with Gasteiger partial charge in [-0.25, -0.2) is 9.97 Å². The molecule has 0 radical (unpaired) electrons. The van der Waals surface area contributed by atoms with Gasteiger partial charge in [0, 0.05) is 51.1 Å². The predicted molar refractivity (Wildman–Crippen MR) is 152 cm³/mol. The summed E-state index contributed by atoms with van der Waals surface area (Å²) in [5, 5.41) is 15.4. The van der Waals surface area contributed by atoms with Crippen LogP contribution in [0.3, 0.4) is 0 Å². The molecule has 0 bridgehead atoms. The second-order valence-corrected chi connectivity index (χ2v) is 9.77. The molecule has 7 aromatic rings. The molecule has 5 heteroatoms. The number of nitriles is 1. The average Bonchev–Trinajstić information content (AvgIpc) is 3.58. The van der Waals surface area contributed by atoms with Gasteiger partial charge < -0.3 is 4.57 Å². The van der Waals surface area contributed by atoms with Gasteiger partial charge in [0.15, 0.2) is 0 Å². The molecule has 3 heterocycles. The van der Waals surface area contributed by atoms with Crippen molar-refractivity contribution in [3.05, 3.63) is 121 Å². The first-order chi connectivity index (χ1) is 18.8. The Morgan fingerprint density at radius 2 is 1.61 bits per heavy atom. The van der Waals surface area contributed by atoms with E-state index in [0.29, 0.717) is 11.5 Å². The van der Waals surface area contributed by atoms with Crippen LogP contribution in [0.1, 0.15) is 18.0 Å². The summed E-state index contributed by atoms with van der Waals surface area (Å²) in [5.41, 5.74) is 6.21. The zero-order valence-corrected chi connectivity index (χ0v) is 20.4. The summed E-state index contributed by atoms with van der Waals surface area (Å²) in [6, 6.07) is 30.0. The number of fused-ring (bicyclic) bond motifs is 3. The Morgan fingerprint density at radius 3 is 2.37 bits per heavy atom. The summed E-state index contributed by atoms with van der Waals surface area (Å²) in [7, 11) is 0. The van der Waals surface area contributed by atoms with E-state index in [0.717, 1.165) is 28.8 Å². The van der Waals surface area contributed by atoms with Crippen LogP contribution in [0.15, 0.2) is 115 Å². The van der Waals surface area contributed by atoms with Crippen molar-refractivity contribution in [1.29, 1.82) is 5.26 Å². The van der Waals surface area contributed by atoms with Crippen molar-refractivity contribution in [2.45, 2.75) is 12.3 Å². The van der Waals surface area contributed by atoms with Crippen LogP contribution < -0.4 is 0 Å². The van der Waals surface area contributed by atoms with Gasteiger partial charge in [-0.15, -0.1) is 0 Å². The van der Waals surface area contributed by atoms with Crippen molar-refractivity contribution in [3.63, 3.8) is 0 Å². The van der Waals surface area contributed by atoms with Crippen LogP contribution in [0, 0.1) is 11.3 Å². The van der Waals surface area contributed by atoms with Crippen molar-refractivity contribution in [2.75, 3.05) is 0 Å². The molecular weight excluding hydrogens is 466 g/mol. The van der Waals surface area contributed by atoms with Crippen LogP contribution in [-0.4, -0.2) is 19.1 Å². The van der Waals surface area contributed by atoms with E-state index in [1.807, 2.05) is 24.4 Å². The van der Waals surface area contributed by atoms with Gasteiger partial charge in [-0.2, -0.15) is 5.26 Å². The fourth-order valence-corrected chi connectivity index (χ4v) is 6.07. The first-order valence-corrected chi connectivity index (χ1v) is 12.8. The van der Waals surface area contributed by atoms with Gasteiger partial charge in [-0.1, -0.05) is 54.6 Å². The lowest BCUT2D eigenvalue weighted by Gasteiger charge is -2.15. The second kappa shape index (κ2) is 7.89. The van der Waals surface area contributed by atoms with E-state index in [1.165, 1.54) is 32.4 Å². The molecular formula is C33H21N5. The van der Waals surface area contributed by atoms with Gasteiger partial charge in [-0.05, 0) is 54.3 Å². The molecule has 1 aliphatic rings. The third-order valence-corrected chi connectivity index (χ3v) is 7.76. The van der Waals surface area contributed by atoms with Crippen LogP contribution >= 0.6 is 0 Å². The van der Waals surface area contributed by atoms with Crippen LogP contribution in [0.2, 0.25) is 0 Å². The number of hydrogen-bond donors (Lipinski definition) is 0. The monoisotopic (exact) mass is 487 g/mol. The van der Waals surface area contributed by atoms with Crippen molar-refractivity contribution in [1.82, 2.24) is 19.1 Å². The quantitative estimate of drug-likeness (QED) is 0.241. The first-order valence-electron chi connectivity index (χ1n) is 12.8. The number of aromatic nitrogens is 4. The van der Waals surface area contributed by atoms with E-state index < -0.39 is 0 Å². The molecule has 178 valence electrons. The summed E-state index contributed by atoms with van der Waals surface area (Å²) in [5.74, 6) is 0.788. The van der Waals surface area contributed by atoms with Gasteiger partial charge in [0.1, 0.15) is 0 Å². The lowest BCUT2D eigenvalue weighted by molar-refractivity contribution is 0.793. The standard InChI is InChI=1S/C33H21N5/c34-20-21-12-14-22(15-13-21)27-16-18-35-33(36-27)38-28-10-4-8-24-25-17-19-37(23-6-2-1-3-7-23)32(25)26-9-5-11-29(38)31(26)30(24)28/h1-14,16-19,22H,15H2. The Kier molecular flexibility index (Phi) is 4.35. The highest BCUT2D eigenvalue weighted by Gasteiger charge is 2.23. The Labute approximate surface area is 218 Å². The minimum absolute atomic E-state index is 0.124. The third kappa shape index (κ3) is 2.86. The Hall–Kier alpha value is -5.21. The Morgan fingerprint density at radius 1 is 0.816 bits per heavy atom. The zero-order valence-electron chi connectivity index (χ0n) is 20.4. The number of nitrogens with zero attached hydrogens (tertiary/aromatic N) is 5. The molecule has 0 fully saturated rings. The molecule has 0 amide bonds. The molecule has 0 saturated carbocycles. The normalized spacial score (nSPS) is 15.6. The molecule has 8 rings (SSSR count).